The van der Waals surface area contributed by atoms with Gasteiger partial charge in [0, 0.05) is 0 Å². The number of aliphatic hydroxyl groups excluding tert-OH is 1. The second-order valence-corrected chi connectivity index (χ2v) is 4.10. The van der Waals surface area contributed by atoms with Crippen LogP contribution in [0.2, 0.25) is 0 Å². The summed E-state index contributed by atoms with van der Waals surface area (Å²) in [5, 5.41) is 9.52. The maximum atomic E-state index is 9.52. The maximum absolute atomic E-state index is 9.52. The Morgan fingerprint density at radius 2 is 1.88 bits per heavy atom. The minimum atomic E-state index is -0.123. The lowest BCUT2D eigenvalue weighted by Gasteiger charge is -2.09. The summed E-state index contributed by atoms with van der Waals surface area (Å²) in [7, 11) is 0. The van der Waals surface area contributed by atoms with Crippen molar-refractivity contribution in [2.75, 3.05) is 6.61 Å². The number of hydrogen-bond donors (Lipinski definition) is 1. The number of rotatable bonds is 8. The van der Waals surface area contributed by atoms with Gasteiger partial charge in [-0.2, -0.15) is 0 Å². The molecule has 0 aliphatic rings. The third-order valence-corrected chi connectivity index (χ3v) is 2.57. The van der Waals surface area contributed by atoms with Crippen molar-refractivity contribution >= 4 is 0 Å². The minimum Gasteiger partial charge on any atom is -0.494 e. The van der Waals surface area contributed by atoms with Gasteiger partial charge in [0.15, 0.2) is 0 Å². The van der Waals surface area contributed by atoms with Crippen LogP contribution in [0.3, 0.4) is 0 Å². The van der Waals surface area contributed by atoms with E-state index in [-0.39, 0.29) is 6.10 Å². The zero-order valence-electron chi connectivity index (χ0n) is 10.1. The summed E-state index contributed by atoms with van der Waals surface area (Å²) in [4.78, 5) is 0. The molecule has 1 unspecified atom stereocenters. The Bertz CT molecular complexity index is 259. The van der Waals surface area contributed by atoms with E-state index in [1.54, 1.807) is 0 Å². The number of ether oxygens (including phenoxy) is 1. The molecule has 0 radical (unpaired) electrons. The molecule has 2 heteroatoms. The van der Waals surface area contributed by atoms with Crippen LogP contribution in [0.5, 0.6) is 5.75 Å². The predicted molar refractivity (Wildman–Crippen MR) is 66.7 cm³/mol. The summed E-state index contributed by atoms with van der Waals surface area (Å²) in [6.07, 6.45) is 4.79. The van der Waals surface area contributed by atoms with Crippen molar-refractivity contribution in [3.05, 3.63) is 30.3 Å². The van der Waals surface area contributed by atoms with Gasteiger partial charge in [0.25, 0.3) is 0 Å². The molecule has 16 heavy (non-hydrogen) atoms. The van der Waals surface area contributed by atoms with Crippen LogP contribution in [-0.4, -0.2) is 17.8 Å². The summed E-state index contributed by atoms with van der Waals surface area (Å²) < 4.78 is 5.57. The van der Waals surface area contributed by atoms with E-state index in [4.69, 9.17) is 4.74 Å². The standard InChI is InChI=1S/C14H22O2/c1-2-8-13(15)9-6-7-12-16-14-10-4-3-5-11-14/h3-5,10-11,13,15H,2,6-9,12H2,1H3. The molecule has 1 N–H and O–H groups in total. The van der Waals surface area contributed by atoms with E-state index in [1.165, 1.54) is 0 Å². The molecule has 1 atom stereocenters. The Morgan fingerprint density at radius 3 is 2.56 bits per heavy atom. The van der Waals surface area contributed by atoms with Crippen molar-refractivity contribution in [2.24, 2.45) is 0 Å². The molecule has 0 bridgehead atoms. The summed E-state index contributed by atoms with van der Waals surface area (Å²) in [6.45, 7) is 2.84. The molecule has 0 spiro atoms. The van der Waals surface area contributed by atoms with Gasteiger partial charge in [0.1, 0.15) is 5.75 Å². The molecule has 90 valence electrons. The second-order valence-electron chi connectivity index (χ2n) is 4.10. The Labute approximate surface area is 98.3 Å². The van der Waals surface area contributed by atoms with Crippen LogP contribution in [0, 0.1) is 0 Å². The van der Waals surface area contributed by atoms with E-state index >= 15 is 0 Å². The molecule has 0 fully saturated rings. The Morgan fingerprint density at radius 1 is 1.12 bits per heavy atom. The summed E-state index contributed by atoms with van der Waals surface area (Å²) in [6, 6.07) is 9.85. The number of para-hydroxylation sites is 1. The van der Waals surface area contributed by atoms with E-state index in [2.05, 4.69) is 6.92 Å². The van der Waals surface area contributed by atoms with Crippen molar-refractivity contribution in [3.8, 4) is 5.75 Å². The van der Waals surface area contributed by atoms with Gasteiger partial charge < -0.3 is 9.84 Å². The van der Waals surface area contributed by atoms with Crippen molar-refractivity contribution in [1.82, 2.24) is 0 Å². The van der Waals surface area contributed by atoms with Crippen molar-refractivity contribution < 1.29 is 9.84 Å². The summed E-state index contributed by atoms with van der Waals surface area (Å²) in [5.74, 6) is 0.927. The van der Waals surface area contributed by atoms with Gasteiger partial charge in [0.05, 0.1) is 12.7 Å². The zero-order chi connectivity index (χ0) is 11.6. The smallest absolute Gasteiger partial charge is 0.119 e. The fourth-order valence-electron chi connectivity index (χ4n) is 1.67. The molecule has 1 aromatic carbocycles. The molecular weight excluding hydrogens is 200 g/mol. The van der Waals surface area contributed by atoms with Gasteiger partial charge in [0.2, 0.25) is 0 Å². The highest BCUT2D eigenvalue weighted by atomic mass is 16.5. The molecule has 0 saturated heterocycles. The van der Waals surface area contributed by atoms with Crippen LogP contribution in [0.4, 0.5) is 0 Å². The molecule has 2 nitrogen and oxygen atoms in total. The molecular formula is C14H22O2. The van der Waals surface area contributed by atoms with Crippen LogP contribution in [0.1, 0.15) is 39.0 Å². The normalized spacial score (nSPS) is 12.4. The molecule has 1 aromatic rings. The second kappa shape index (κ2) is 8.17. The quantitative estimate of drug-likeness (QED) is 0.683. The largest absolute Gasteiger partial charge is 0.494 e. The number of benzene rings is 1. The number of hydrogen-bond acceptors (Lipinski definition) is 2. The van der Waals surface area contributed by atoms with Crippen LogP contribution in [0.15, 0.2) is 30.3 Å². The lowest BCUT2D eigenvalue weighted by Crippen LogP contribution is -2.06. The van der Waals surface area contributed by atoms with Crippen molar-refractivity contribution in [1.29, 1.82) is 0 Å². The molecule has 0 aliphatic heterocycles. The van der Waals surface area contributed by atoms with Gasteiger partial charge >= 0.3 is 0 Å². The van der Waals surface area contributed by atoms with Crippen molar-refractivity contribution in [3.63, 3.8) is 0 Å². The third kappa shape index (κ3) is 5.76. The fraction of sp³-hybridized carbons (Fsp3) is 0.571. The molecule has 0 heterocycles. The monoisotopic (exact) mass is 222 g/mol. The van der Waals surface area contributed by atoms with Gasteiger partial charge in [-0.1, -0.05) is 31.5 Å². The molecule has 0 aliphatic carbocycles. The van der Waals surface area contributed by atoms with Crippen LogP contribution in [0.25, 0.3) is 0 Å². The third-order valence-electron chi connectivity index (χ3n) is 2.57. The highest BCUT2D eigenvalue weighted by Gasteiger charge is 2.01. The van der Waals surface area contributed by atoms with E-state index in [0.717, 1.165) is 44.5 Å². The Hall–Kier alpha value is -1.02. The fourth-order valence-corrected chi connectivity index (χ4v) is 1.67. The first kappa shape index (κ1) is 13.0. The van der Waals surface area contributed by atoms with Gasteiger partial charge in [-0.3, -0.25) is 0 Å². The average Bonchev–Trinajstić information content (AvgIpc) is 2.30. The summed E-state index contributed by atoms with van der Waals surface area (Å²) in [5.41, 5.74) is 0. The Kier molecular flexibility index (Phi) is 6.66. The van der Waals surface area contributed by atoms with Crippen LogP contribution in [-0.2, 0) is 0 Å². The first-order valence-corrected chi connectivity index (χ1v) is 6.19. The zero-order valence-corrected chi connectivity index (χ0v) is 10.1. The highest BCUT2D eigenvalue weighted by molar-refractivity contribution is 5.20. The SMILES string of the molecule is CCCC(O)CCCCOc1ccccc1. The van der Waals surface area contributed by atoms with E-state index in [9.17, 15) is 5.11 Å². The number of unbranched alkanes of at least 4 members (excludes halogenated alkanes) is 1. The average molecular weight is 222 g/mol. The van der Waals surface area contributed by atoms with Crippen LogP contribution >= 0.6 is 0 Å². The van der Waals surface area contributed by atoms with Crippen molar-refractivity contribution in [2.45, 2.75) is 45.1 Å². The lowest BCUT2D eigenvalue weighted by molar-refractivity contribution is 0.147. The van der Waals surface area contributed by atoms with E-state index in [1.807, 2.05) is 30.3 Å². The highest BCUT2D eigenvalue weighted by Crippen LogP contribution is 2.10. The van der Waals surface area contributed by atoms with Gasteiger partial charge in [-0.05, 0) is 37.8 Å². The molecule has 0 amide bonds. The summed E-state index contributed by atoms with van der Waals surface area (Å²) >= 11 is 0. The maximum Gasteiger partial charge on any atom is 0.119 e. The predicted octanol–water partition coefficient (Wildman–Crippen LogP) is 3.40. The molecule has 0 aromatic heterocycles. The van der Waals surface area contributed by atoms with Gasteiger partial charge in [-0.25, -0.2) is 0 Å². The lowest BCUT2D eigenvalue weighted by atomic mass is 10.1. The topological polar surface area (TPSA) is 29.5 Å². The van der Waals surface area contributed by atoms with E-state index in [0.29, 0.717) is 0 Å². The first-order chi connectivity index (χ1) is 7.83. The van der Waals surface area contributed by atoms with E-state index < -0.39 is 0 Å². The molecule has 1 rings (SSSR count). The molecule has 0 saturated carbocycles. The Balaban J connectivity index is 2.00. The first-order valence-electron chi connectivity index (χ1n) is 6.19. The van der Waals surface area contributed by atoms with Gasteiger partial charge in [-0.15, -0.1) is 0 Å². The van der Waals surface area contributed by atoms with Crippen LogP contribution < -0.4 is 4.74 Å². The minimum absolute atomic E-state index is 0.123. The number of aliphatic hydroxyl groups is 1.